The Hall–Kier alpha value is -1.87. The molecule has 0 aliphatic carbocycles. The van der Waals surface area contributed by atoms with Crippen LogP contribution in [0.5, 0.6) is 0 Å². The van der Waals surface area contributed by atoms with Gasteiger partial charge >= 0.3 is 0 Å². The third-order valence-electron chi connectivity index (χ3n) is 2.67. The van der Waals surface area contributed by atoms with Gasteiger partial charge in [0, 0.05) is 18.4 Å². The van der Waals surface area contributed by atoms with Gasteiger partial charge in [-0.1, -0.05) is 18.2 Å². The number of aryl methyl sites for hydroxylation is 1. The van der Waals surface area contributed by atoms with Crippen molar-refractivity contribution < 1.29 is 5.11 Å². The molecule has 0 bridgehead atoms. The van der Waals surface area contributed by atoms with E-state index in [4.69, 9.17) is 0 Å². The summed E-state index contributed by atoms with van der Waals surface area (Å²) >= 11 is 0. The molecule has 0 aliphatic heterocycles. The van der Waals surface area contributed by atoms with Crippen LogP contribution in [0.15, 0.2) is 42.5 Å². The SMILES string of the molecule is Cc1cc(CO)cc(N(C)c2ccccc2)n1. The first kappa shape index (κ1) is 11.6. The molecule has 0 radical (unpaired) electrons. The third kappa shape index (κ3) is 2.63. The molecule has 88 valence electrons. The van der Waals surface area contributed by atoms with E-state index < -0.39 is 0 Å². The molecule has 1 N–H and O–H groups in total. The van der Waals surface area contributed by atoms with Crippen LogP contribution in [0.1, 0.15) is 11.3 Å². The second-order valence-corrected chi connectivity index (χ2v) is 4.03. The Morgan fingerprint density at radius 2 is 1.88 bits per heavy atom. The number of para-hydroxylation sites is 1. The van der Waals surface area contributed by atoms with Gasteiger partial charge in [0.15, 0.2) is 0 Å². The average Bonchev–Trinajstić information content (AvgIpc) is 2.38. The molecular formula is C14H16N2O. The molecule has 0 fully saturated rings. The van der Waals surface area contributed by atoms with E-state index in [1.807, 2.05) is 61.3 Å². The number of benzene rings is 1. The molecule has 1 heterocycles. The van der Waals surface area contributed by atoms with Gasteiger partial charge in [0.25, 0.3) is 0 Å². The van der Waals surface area contributed by atoms with E-state index in [0.29, 0.717) is 0 Å². The van der Waals surface area contributed by atoms with Gasteiger partial charge in [-0.25, -0.2) is 4.98 Å². The van der Waals surface area contributed by atoms with Crippen LogP contribution < -0.4 is 4.90 Å². The summed E-state index contributed by atoms with van der Waals surface area (Å²) in [4.78, 5) is 6.48. The smallest absolute Gasteiger partial charge is 0.133 e. The molecular weight excluding hydrogens is 212 g/mol. The molecule has 0 amide bonds. The molecule has 0 saturated carbocycles. The minimum Gasteiger partial charge on any atom is -0.392 e. The van der Waals surface area contributed by atoms with Crippen molar-refractivity contribution in [2.75, 3.05) is 11.9 Å². The average molecular weight is 228 g/mol. The van der Waals surface area contributed by atoms with Crippen molar-refractivity contribution in [3.8, 4) is 0 Å². The summed E-state index contributed by atoms with van der Waals surface area (Å²) in [5.41, 5.74) is 2.87. The Labute approximate surface area is 101 Å². The van der Waals surface area contributed by atoms with Gasteiger partial charge < -0.3 is 10.0 Å². The minimum atomic E-state index is 0.0407. The second kappa shape index (κ2) is 4.97. The number of aliphatic hydroxyl groups excluding tert-OH is 1. The van der Waals surface area contributed by atoms with Crippen LogP contribution in [0.3, 0.4) is 0 Å². The van der Waals surface area contributed by atoms with Crippen molar-refractivity contribution in [3.05, 3.63) is 53.7 Å². The van der Waals surface area contributed by atoms with E-state index >= 15 is 0 Å². The summed E-state index contributed by atoms with van der Waals surface area (Å²) in [7, 11) is 1.97. The first-order chi connectivity index (χ1) is 8.20. The van der Waals surface area contributed by atoms with Crippen LogP contribution in [-0.2, 0) is 6.61 Å². The topological polar surface area (TPSA) is 36.4 Å². The number of aliphatic hydroxyl groups is 1. The Kier molecular flexibility index (Phi) is 3.40. The van der Waals surface area contributed by atoms with Crippen LogP contribution in [0, 0.1) is 6.92 Å². The number of rotatable bonds is 3. The van der Waals surface area contributed by atoms with Gasteiger partial charge in [-0.05, 0) is 36.8 Å². The van der Waals surface area contributed by atoms with Crippen molar-refractivity contribution in [3.63, 3.8) is 0 Å². The summed E-state index contributed by atoms with van der Waals surface area (Å²) in [6.45, 7) is 1.97. The third-order valence-corrected chi connectivity index (χ3v) is 2.67. The molecule has 3 nitrogen and oxygen atoms in total. The lowest BCUT2D eigenvalue weighted by Crippen LogP contribution is -2.12. The molecule has 2 aromatic rings. The lowest BCUT2D eigenvalue weighted by Gasteiger charge is -2.19. The highest BCUT2D eigenvalue weighted by Crippen LogP contribution is 2.22. The van der Waals surface area contributed by atoms with Crippen LogP contribution in [0.4, 0.5) is 11.5 Å². The highest BCUT2D eigenvalue weighted by Gasteiger charge is 2.06. The van der Waals surface area contributed by atoms with Gasteiger partial charge in [-0.2, -0.15) is 0 Å². The molecule has 0 spiro atoms. The van der Waals surface area contributed by atoms with Crippen LogP contribution in [0.2, 0.25) is 0 Å². The summed E-state index contributed by atoms with van der Waals surface area (Å²) in [5.74, 6) is 0.847. The predicted molar refractivity (Wildman–Crippen MR) is 69.4 cm³/mol. The fourth-order valence-corrected chi connectivity index (χ4v) is 1.77. The van der Waals surface area contributed by atoms with E-state index in [2.05, 4.69) is 4.98 Å². The van der Waals surface area contributed by atoms with Crippen molar-refractivity contribution in [2.45, 2.75) is 13.5 Å². The molecule has 0 unspecified atom stereocenters. The van der Waals surface area contributed by atoms with E-state index in [1.54, 1.807) is 0 Å². The highest BCUT2D eigenvalue weighted by atomic mass is 16.3. The van der Waals surface area contributed by atoms with Crippen molar-refractivity contribution in [1.82, 2.24) is 4.98 Å². The minimum absolute atomic E-state index is 0.0407. The number of aromatic nitrogens is 1. The molecule has 0 saturated heterocycles. The Bertz CT molecular complexity index is 497. The Morgan fingerprint density at radius 1 is 1.18 bits per heavy atom. The summed E-state index contributed by atoms with van der Waals surface area (Å²) in [6.07, 6.45) is 0. The second-order valence-electron chi connectivity index (χ2n) is 4.03. The zero-order chi connectivity index (χ0) is 12.3. The Balaban J connectivity index is 2.37. The quantitative estimate of drug-likeness (QED) is 0.877. The summed E-state index contributed by atoms with van der Waals surface area (Å²) < 4.78 is 0. The zero-order valence-electron chi connectivity index (χ0n) is 10.1. The number of hydrogen-bond donors (Lipinski definition) is 1. The van der Waals surface area contributed by atoms with E-state index in [1.165, 1.54) is 0 Å². The largest absolute Gasteiger partial charge is 0.392 e. The van der Waals surface area contributed by atoms with E-state index in [9.17, 15) is 5.11 Å². The van der Waals surface area contributed by atoms with E-state index in [-0.39, 0.29) is 6.61 Å². The molecule has 0 atom stereocenters. The molecule has 0 aliphatic rings. The van der Waals surface area contributed by atoms with Crippen LogP contribution in [0.25, 0.3) is 0 Å². The molecule has 1 aromatic heterocycles. The van der Waals surface area contributed by atoms with Gasteiger partial charge in [0.1, 0.15) is 5.82 Å². The maximum absolute atomic E-state index is 9.19. The summed E-state index contributed by atoms with van der Waals surface area (Å²) in [5, 5.41) is 9.19. The molecule has 17 heavy (non-hydrogen) atoms. The maximum Gasteiger partial charge on any atom is 0.133 e. The molecule has 1 aromatic carbocycles. The van der Waals surface area contributed by atoms with Crippen molar-refractivity contribution in [1.29, 1.82) is 0 Å². The van der Waals surface area contributed by atoms with Gasteiger partial charge in [-0.3, -0.25) is 0 Å². The lowest BCUT2D eigenvalue weighted by molar-refractivity contribution is 0.281. The first-order valence-electron chi connectivity index (χ1n) is 5.58. The number of pyridine rings is 1. The number of anilines is 2. The zero-order valence-corrected chi connectivity index (χ0v) is 10.1. The Morgan fingerprint density at radius 3 is 2.53 bits per heavy atom. The monoisotopic (exact) mass is 228 g/mol. The number of nitrogens with zero attached hydrogens (tertiary/aromatic N) is 2. The van der Waals surface area contributed by atoms with Crippen molar-refractivity contribution in [2.24, 2.45) is 0 Å². The molecule has 3 heteroatoms. The first-order valence-corrected chi connectivity index (χ1v) is 5.58. The van der Waals surface area contributed by atoms with E-state index in [0.717, 1.165) is 22.8 Å². The normalized spacial score (nSPS) is 10.3. The fraction of sp³-hybridized carbons (Fsp3) is 0.214. The maximum atomic E-state index is 9.19. The molecule has 2 rings (SSSR count). The van der Waals surface area contributed by atoms with Crippen LogP contribution >= 0.6 is 0 Å². The highest BCUT2D eigenvalue weighted by molar-refractivity contribution is 5.59. The van der Waals surface area contributed by atoms with Gasteiger partial charge in [0.05, 0.1) is 6.61 Å². The number of hydrogen-bond acceptors (Lipinski definition) is 3. The van der Waals surface area contributed by atoms with Gasteiger partial charge in [-0.15, -0.1) is 0 Å². The van der Waals surface area contributed by atoms with Gasteiger partial charge in [0.2, 0.25) is 0 Å². The standard InChI is InChI=1S/C14H16N2O/c1-11-8-12(10-17)9-14(15-11)16(2)13-6-4-3-5-7-13/h3-9,17H,10H2,1-2H3. The van der Waals surface area contributed by atoms with Crippen LogP contribution in [-0.4, -0.2) is 17.1 Å². The summed E-state index contributed by atoms with van der Waals surface area (Å²) in [6, 6.07) is 13.8. The lowest BCUT2D eigenvalue weighted by atomic mass is 10.2. The predicted octanol–water partition coefficient (Wildman–Crippen LogP) is 2.65. The van der Waals surface area contributed by atoms with Crippen molar-refractivity contribution >= 4 is 11.5 Å². The fourth-order valence-electron chi connectivity index (χ4n) is 1.77.